The second kappa shape index (κ2) is 5.68. The summed E-state index contributed by atoms with van der Waals surface area (Å²) in [6.07, 6.45) is 1.79. The number of nitrogens with zero attached hydrogens (tertiary/aromatic N) is 2. The van der Waals surface area contributed by atoms with Crippen LogP contribution in [0.3, 0.4) is 0 Å². The highest BCUT2D eigenvalue weighted by atomic mass is 15.1. The number of rotatable bonds is 1. The fourth-order valence-electron chi connectivity index (χ4n) is 0.618. The van der Waals surface area contributed by atoms with Crippen LogP contribution >= 0.6 is 0 Å². The Hall–Kier alpha value is -1.09. The van der Waals surface area contributed by atoms with Gasteiger partial charge in [0.25, 0.3) is 0 Å². The Morgan fingerprint density at radius 3 is 2.18 bits per heavy atom. The van der Waals surface area contributed by atoms with Crippen molar-refractivity contribution in [2.75, 3.05) is 26.0 Å². The summed E-state index contributed by atoms with van der Waals surface area (Å²) in [5.41, 5.74) is 4.50. The minimum absolute atomic E-state index is 0.998. The van der Waals surface area contributed by atoms with Crippen LogP contribution in [0.2, 0.25) is 0 Å². The zero-order valence-corrected chi connectivity index (χ0v) is 7.28. The van der Waals surface area contributed by atoms with Gasteiger partial charge >= 0.3 is 0 Å². The minimum Gasteiger partial charge on any atom is -0.363 e. The topological polar surface area (TPSA) is 42.1 Å². The zero-order chi connectivity index (χ0) is 8.69. The van der Waals surface area contributed by atoms with Crippen molar-refractivity contribution in [2.45, 2.75) is 0 Å². The number of anilines is 1. The van der Waals surface area contributed by atoms with Crippen LogP contribution < -0.4 is 10.6 Å². The van der Waals surface area contributed by atoms with Gasteiger partial charge in [-0.3, -0.25) is 0 Å². The van der Waals surface area contributed by atoms with Gasteiger partial charge in [0.1, 0.15) is 5.82 Å². The lowest BCUT2D eigenvalue weighted by atomic mass is 10.4. The molecule has 0 aliphatic rings. The Morgan fingerprint density at radius 2 is 1.91 bits per heavy atom. The van der Waals surface area contributed by atoms with E-state index in [1.54, 1.807) is 6.20 Å². The standard InChI is InChI=1S/C7H10N2.CH5N/c1-9(2)7-5-3-4-6-8-7;1-2/h3-6H,1-2H3;2H2,1H3. The van der Waals surface area contributed by atoms with Gasteiger partial charge in [-0.2, -0.15) is 0 Å². The van der Waals surface area contributed by atoms with E-state index in [0.29, 0.717) is 0 Å². The highest BCUT2D eigenvalue weighted by Crippen LogP contribution is 2.02. The lowest BCUT2D eigenvalue weighted by Gasteiger charge is -2.08. The zero-order valence-electron chi connectivity index (χ0n) is 7.28. The number of nitrogens with two attached hydrogens (primary N) is 1. The predicted molar refractivity (Wildman–Crippen MR) is 48.7 cm³/mol. The van der Waals surface area contributed by atoms with Gasteiger partial charge in [-0.25, -0.2) is 4.98 Å². The quantitative estimate of drug-likeness (QED) is 0.646. The summed E-state index contributed by atoms with van der Waals surface area (Å²) < 4.78 is 0. The Labute approximate surface area is 67.9 Å². The van der Waals surface area contributed by atoms with E-state index in [4.69, 9.17) is 0 Å². The monoisotopic (exact) mass is 153 g/mol. The predicted octanol–water partition coefficient (Wildman–Crippen LogP) is 0.722. The van der Waals surface area contributed by atoms with Crippen LogP contribution in [0.15, 0.2) is 24.4 Å². The summed E-state index contributed by atoms with van der Waals surface area (Å²) in [6.45, 7) is 0. The molecule has 1 aromatic heterocycles. The molecular weight excluding hydrogens is 138 g/mol. The van der Waals surface area contributed by atoms with E-state index in [1.165, 1.54) is 7.05 Å². The number of hydrogen-bond donors (Lipinski definition) is 1. The van der Waals surface area contributed by atoms with Crippen molar-refractivity contribution in [3.8, 4) is 0 Å². The number of pyridine rings is 1. The Balaban J connectivity index is 0.000000461. The molecule has 0 spiro atoms. The second-order valence-corrected chi connectivity index (χ2v) is 2.08. The van der Waals surface area contributed by atoms with Crippen LogP contribution in [-0.2, 0) is 0 Å². The van der Waals surface area contributed by atoms with Gasteiger partial charge in [-0.15, -0.1) is 0 Å². The first-order valence-corrected chi connectivity index (χ1v) is 3.47. The molecule has 0 unspecified atom stereocenters. The smallest absolute Gasteiger partial charge is 0.127 e. The molecule has 0 atom stereocenters. The molecule has 0 saturated carbocycles. The highest BCUT2D eigenvalue weighted by Gasteiger charge is 1.89. The third-order valence-electron chi connectivity index (χ3n) is 1.11. The second-order valence-electron chi connectivity index (χ2n) is 2.08. The van der Waals surface area contributed by atoms with Crippen molar-refractivity contribution >= 4 is 5.82 Å². The minimum atomic E-state index is 0.998. The van der Waals surface area contributed by atoms with E-state index < -0.39 is 0 Å². The van der Waals surface area contributed by atoms with Gasteiger partial charge in [0, 0.05) is 20.3 Å². The maximum atomic E-state index is 4.50. The van der Waals surface area contributed by atoms with Crippen molar-refractivity contribution in [1.29, 1.82) is 0 Å². The molecule has 0 saturated heterocycles. The molecule has 1 rings (SSSR count). The SMILES string of the molecule is CN.CN(C)c1ccccn1. The molecule has 0 bridgehead atoms. The van der Waals surface area contributed by atoms with Crippen LogP contribution in [0.5, 0.6) is 0 Å². The van der Waals surface area contributed by atoms with Crippen LogP contribution in [0.1, 0.15) is 0 Å². The number of hydrogen-bond acceptors (Lipinski definition) is 3. The first-order chi connectivity index (χ1) is 5.30. The van der Waals surface area contributed by atoms with Crippen molar-refractivity contribution in [3.63, 3.8) is 0 Å². The van der Waals surface area contributed by atoms with Gasteiger partial charge in [0.05, 0.1) is 0 Å². The molecule has 0 aliphatic heterocycles. The Kier molecular flexibility index (Phi) is 5.11. The van der Waals surface area contributed by atoms with E-state index in [0.717, 1.165) is 5.82 Å². The summed E-state index contributed by atoms with van der Waals surface area (Å²) in [5.74, 6) is 0.998. The summed E-state index contributed by atoms with van der Waals surface area (Å²) in [7, 11) is 5.45. The molecule has 0 amide bonds. The summed E-state index contributed by atoms with van der Waals surface area (Å²) in [5, 5.41) is 0. The Morgan fingerprint density at radius 1 is 1.27 bits per heavy atom. The highest BCUT2D eigenvalue weighted by molar-refractivity contribution is 5.34. The first kappa shape index (κ1) is 9.91. The van der Waals surface area contributed by atoms with Gasteiger partial charge in [0.2, 0.25) is 0 Å². The van der Waals surface area contributed by atoms with E-state index in [-0.39, 0.29) is 0 Å². The van der Waals surface area contributed by atoms with E-state index in [2.05, 4.69) is 10.7 Å². The molecule has 0 radical (unpaired) electrons. The molecule has 62 valence electrons. The van der Waals surface area contributed by atoms with Gasteiger partial charge in [0.15, 0.2) is 0 Å². The van der Waals surface area contributed by atoms with Crippen molar-refractivity contribution in [1.82, 2.24) is 4.98 Å². The van der Waals surface area contributed by atoms with Crippen molar-refractivity contribution < 1.29 is 0 Å². The number of aromatic nitrogens is 1. The lowest BCUT2D eigenvalue weighted by molar-refractivity contribution is 1.07. The van der Waals surface area contributed by atoms with Gasteiger partial charge in [-0.1, -0.05) is 6.07 Å². The summed E-state index contributed by atoms with van der Waals surface area (Å²) >= 11 is 0. The molecule has 0 fully saturated rings. The summed E-state index contributed by atoms with van der Waals surface area (Å²) in [4.78, 5) is 6.08. The largest absolute Gasteiger partial charge is 0.363 e. The van der Waals surface area contributed by atoms with E-state index >= 15 is 0 Å². The van der Waals surface area contributed by atoms with Crippen LogP contribution in [0.4, 0.5) is 5.82 Å². The van der Waals surface area contributed by atoms with E-state index in [9.17, 15) is 0 Å². The molecule has 2 N–H and O–H groups in total. The first-order valence-electron chi connectivity index (χ1n) is 3.47. The molecular formula is C8H15N3. The summed E-state index contributed by atoms with van der Waals surface area (Å²) in [6, 6.07) is 5.86. The fraction of sp³-hybridized carbons (Fsp3) is 0.375. The molecule has 3 heteroatoms. The van der Waals surface area contributed by atoms with Crippen molar-refractivity contribution in [3.05, 3.63) is 24.4 Å². The van der Waals surface area contributed by atoms with Crippen molar-refractivity contribution in [2.24, 2.45) is 5.73 Å². The average Bonchev–Trinajstić information content (AvgIpc) is 2.10. The maximum Gasteiger partial charge on any atom is 0.127 e. The average molecular weight is 153 g/mol. The molecule has 0 aromatic carbocycles. The normalized spacial score (nSPS) is 8.00. The lowest BCUT2D eigenvalue weighted by Crippen LogP contribution is -2.09. The van der Waals surface area contributed by atoms with Gasteiger partial charge < -0.3 is 10.6 Å². The molecule has 1 heterocycles. The molecule has 11 heavy (non-hydrogen) atoms. The molecule has 1 aromatic rings. The van der Waals surface area contributed by atoms with Gasteiger partial charge in [-0.05, 0) is 19.2 Å². The third-order valence-corrected chi connectivity index (χ3v) is 1.11. The fourth-order valence-corrected chi connectivity index (χ4v) is 0.618. The van der Waals surface area contributed by atoms with Crippen LogP contribution in [0.25, 0.3) is 0 Å². The molecule has 0 aliphatic carbocycles. The Bertz CT molecular complexity index is 172. The van der Waals surface area contributed by atoms with Crippen LogP contribution in [-0.4, -0.2) is 26.1 Å². The molecule has 3 nitrogen and oxygen atoms in total. The van der Waals surface area contributed by atoms with E-state index in [1.807, 2.05) is 37.2 Å². The third kappa shape index (κ3) is 3.57. The van der Waals surface area contributed by atoms with Crippen LogP contribution in [0, 0.1) is 0 Å². The maximum absolute atomic E-state index is 4.50.